The normalized spacial score (nSPS) is 23.0. The Labute approximate surface area is 124 Å². The Morgan fingerprint density at radius 2 is 2.15 bits per heavy atom. The summed E-state index contributed by atoms with van der Waals surface area (Å²) >= 11 is 1.47. The maximum absolute atomic E-state index is 12.2. The molecule has 1 heterocycles. The summed E-state index contributed by atoms with van der Waals surface area (Å²) in [6.45, 7) is 4.83. The molecular weight excluding hydrogens is 296 g/mol. The first-order valence-corrected chi connectivity index (χ1v) is 9.13. The molecule has 0 aliphatic heterocycles. The monoisotopic (exact) mass is 318 g/mol. The summed E-state index contributed by atoms with van der Waals surface area (Å²) in [7, 11) is -1.74. The molecule has 0 saturated heterocycles. The molecule has 114 valence electrons. The highest BCUT2D eigenvalue weighted by Crippen LogP contribution is 2.26. The Kier molecular flexibility index (Phi) is 5.19. The van der Waals surface area contributed by atoms with Gasteiger partial charge in [0.1, 0.15) is 0 Å². The van der Waals surface area contributed by atoms with Crippen molar-refractivity contribution >= 4 is 21.4 Å². The van der Waals surface area contributed by atoms with Gasteiger partial charge in [0.25, 0.3) is 0 Å². The molecule has 0 aromatic carbocycles. The van der Waals surface area contributed by atoms with E-state index in [1.807, 2.05) is 0 Å². The smallest absolute Gasteiger partial charge is 0.241 e. The Balaban J connectivity index is 1.92. The lowest BCUT2D eigenvalue weighted by atomic mass is 9.90. The molecule has 1 aliphatic carbocycles. The zero-order valence-corrected chi connectivity index (χ0v) is 13.7. The summed E-state index contributed by atoms with van der Waals surface area (Å²) in [5, 5.41) is 4.98. The van der Waals surface area contributed by atoms with Crippen LogP contribution < -0.4 is 10.0 Å². The molecule has 5 nitrogen and oxygen atoms in total. The Hall–Kier alpha value is -0.470. The molecule has 0 amide bonds. The van der Waals surface area contributed by atoms with Crippen molar-refractivity contribution in [2.45, 2.75) is 56.3 Å². The Morgan fingerprint density at radius 1 is 1.45 bits per heavy atom. The lowest BCUT2D eigenvalue weighted by Crippen LogP contribution is -2.47. The minimum Gasteiger partial charge on any atom is -0.381 e. The van der Waals surface area contributed by atoms with Gasteiger partial charge in [-0.1, -0.05) is 13.8 Å². The van der Waals surface area contributed by atoms with Gasteiger partial charge in [-0.2, -0.15) is 0 Å². The fourth-order valence-corrected chi connectivity index (χ4v) is 4.53. The second-order valence-electron chi connectivity index (χ2n) is 5.43. The van der Waals surface area contributed by atoms with Crippen LogP contribution in [0.2, 0.25) is 0 Å². The van der Waals surface area contributed by atoms with Gasteiger partial charge in [0.05, 0.1) is 11.0 Å². The zero-order valence-electron chi connectivity index (χ0n) is 12.0. The summed E-state index contributed by atoms with van der Waals surface area (Å²) in [4.78, 5) is 1.39. The standard InChI is InChI=1S/C13H22N2O3S2/c1-9(2)14-7-12-6-13(8-19-12)20(16,17)15-10-4-11(5-10)18-3/h6,8-11,14-15H,4-5,7H2,1-3H3. The van der Waals surface area contributed by atoms with Crippen molar-refractivity contribution in [2.75, 3.05) is 7.11 Å². The first-order valence-electron chi connectivity index (χ1n) is 6.76. The van der Waals surface area contributed by atoms with Gasteiger partial charge in [-0.05, 0) is 18.9 Å². The fraction of sp³-hybridized carbons (Fsp3) is 0.692. The average Bonchev–Trinajstić information content (AvgIpc) is 2.80. The van der Waals surface area contributed by atoms with E-state index in [-0.39, 0.29) is 12.1 Å². The van der Waals surface area contributed by atoms with Crippen molar-refractivity contribution in [1.29, 1.82) is 0 Å². The topological polar surface area (TPSA) is 67.4 Å². The molecule has 0 spiro atoms. The van der Waals surface area contributed by atoms with Crippen LogP contribution in [-0.2, 0) is 21.3 Å². The highest BCUT2D eigenvalue weighted by Gasteiger charge is 2.32. The van der Waals surface area contributed by atoms with E-state index in [4.69, 9.17) is 4.74 Å². The number of hydrogen-bond acceptors (Lipinski definition) is 5. The molecule has 1 saturated carbocycles. The van der Waals surface area contributed by atoms with Crippen LogP contribution in [0.25, 0.3) is 0 Å². The first-order chi connectivity index (χ1) is 9.40. The minimum absolute atomic E-state index is 0.00193. The molecule has 1 fully saturated rings. The van der Waals surface area contributed by atoms with E-state index in [0.717, 1.165) is 17.7 Å². The molecule has 0 radical (unpaired) electrons. The predicted octanol–water partition coefficient (Wildman–Crippen LogP) is 1.70. The molecule has 2 N–H and O–H groups in total. The molecule has 1 aliphatic rings. The van der Waals surface area contributed by atoms with Gasteiger partial charge in [-0.25, -0.2) is 13.1 Å². The van der Waals surface area contributed by atoms with Gasteiger partial charge < -0.3 is 10.1 Å². The molecule has 0 atom stereocenters. The first kappa shape index (κ1) is 15.9. The van der Waals surface area contributed by atoms with Crippen LogP contribution in [0.15, 0.2) is 16.3 Å². The van der Waals surface area contributed by atoms with Crippen LogP contribution in [0.3, 0.4) is 0 Å². The third-order valence-corrected chi connectivity index (χ3v) is 5.96. The van der Waals surface area contributed by atoms with Crippen LogP contribution >= 0.6 is 11.3 Å². The highest BCUT2D eigenvalue weighted by molar-refractivity contribution is 7.89. The van der Waals surface area contributed by atoms with Crippen LogP contribution in [0, 0.1) is 0 Å². The molecule has 0 bridgehead atoms. The van der Waals surface area contributed by atoms with E-state index in [2.05, 4.69) is 23.9 Å². The Morgan fingerprint density at radius 3 is 2.75 bits per heavy atom. The molecule has 1 aromatic heterocycles. The third kappa shape index (κ3) is 4.02. The van der Waals surface area contributed by atoms with Crippen molar-refractivity contribution in [3.63, 3.8) is 0 Å². The van der Waals surface area contributed by atoms with Crippen molar-refractivity contribution < 1.29 is 13.2 Å². The van der Waals surface area contributed by atoms with Crippen LogP contribution in [0.4, 0.5) is 0 Å². The number of hydrogen-bond donors (Lipinski definition) is 2. The van der Waals surface area contributed by atoms with Crippen molar-refractivity contribution in [2.24, 2.45) is 0 Å². The lowest BCUT2D eigenvalue weighted by molar-refractivity contribution is 0.0236. The third-order valence-electron chi connectivity index (χ3n) is 3.37. The van der Waals surface area contributed by atoms with Gasteiger partial charge >= 0.3 is 0 Å². The summed E-state index contributed by atoms with van der Waals surface area (Å²) < 4.78 is 32.3. The van der Waals surface area contributed by atoms with Gasteiger partial charge in [0, 0.05) is 36.0 Å². The van der Waals surface area contributed by atoms with E-state index in [0.29, 0.717) is 17.5 Å². The van der Waals surface area contributed by atoms with Crippen LogP contribution in [0.1, 0.15) is 31.6 Å². The second kappa shape index (κ2) is 6.53. The van der Waals surface area contributed by atoms with Gasteiger partial charge in [0.15, 0.2) is 0 Å². The molecule has 1 aromatic rings. The number of ether oxygens (including phenoxy) is 1. The molecule has 0 unspecified atom stereocenters. The summed E-state index contributed by atoms with van der Waals surface area (Å²) in [5.41, 5.74) is 0. The number of thiophene rings is 1. The van der Waals surface area contributed by atoms with E-state index >= 15 is 0 Å². The maximum atomic E-state index is 12.2. The Bertz CT molecular complexity index is 534. The average molecular weight is 318 g/mol. The fourth-order valence-electron chi connectivity index (χ4n) is 2.04. The highest BCUT2D eigenvalue weighted by atomic mass is 32.2. The number of sulfonamides is 1. The largest absolute Gasteiger partial charge is 0.381 e. The van der Waals surface area contributed by atoms with Crippen molar-refractivity contribution in [3.8, 4) is 0 Å². The van der Waals surface area contributed by atoms with E-state index in [1.165, 1.54) is 11.3 Å². The summed E-state index contributed by atoms with van der Waals surface area (Å²) in [6, 6.07) is 2.13. The van der Waals surface area contributed by atoms with Crippen molar-refractivity contribution in [1.82, 2.24) is 10.0 Å². The number of methoxy groups -OCH3 is 1. The molecule has 2 rings (SSSR count). The quantitative estimate of drug-likeness (QED) is 0.803. The zero-order chi connectivity index (χ0) is 14.8. The predicted molar refractivity (Wildman–Crippen MR) is 80.4 cm³/mol. The van der Waals surface area contributed by atoms with E-state index in [9.17, 15) is 8.42 Å². The van der Waals surface area contributed by atoms with Gasteiger partial charge in [0.2, 0.25) is 10.0 Å². The van der Waals surface area contributed by atoms with Crippen LogP contribution in [-0.4, -0.2) is 33.7 Å². The summed E-state index contributed by atoms with van der Waals surface area (Å²) in [5.74, 6) is 0. The summed E-state index contributed by atoms with van der Waals surface area (Å²) in [6.07, 6.45) is 1.69. The van der Waals surface area contributed by atoms with Crippen molar-refractivity contribution in [3.05, 3.63) is 16.3 Å². The van der Waals surface area contributed by atoms with Gasteiger partial charge in [-0.3, -0.25) is 0 Å². The van der Waals surface area contributed by atoms with Crippen LogP contribution in [0.5, 0.6) is 0 Å². The van der Waals surface area contributed by atoms with Gasteiger partial charge in [-0.15, -0.1) is 11.3 Å². The molecular formula is C13H22N2O3S2. The number of nitrogens with one attached hydrogen (secondary N) is 2. The van der Waals surface area contributed by atoms with E-state index in [1.54, 1.807) is 18.6 Å². The second-order valence-corrected chi connectivity index (χ2v) is 8.14. The molecule has 7 heteroatoms. The lowest BCUT2D eigenvalue weighted by Gasteiger charge is -2.34. The molecule has 20 heavy (non-hydrogen) atoms. The SMILES string of the molecule is COC1CC(NS(=O)(=O)c2csc(CNC(C)C)c2)C1. The maximum Gasteiger partial charge on any atom is 0.241 e. The van der Waals surface area contributed by atoms with E-state index < -0.39 is 10.0 Å². The minimum atomic E-state index is -3.39. The number of rotatable bonds is 7.